The molecule has 0 fully saturated rings. The maximum atomic E-state index is 13.4. The zero-order valence-corrected chi connectivity index (χ0v) is 24.9. The predicted octanol–water partition coefficient (Wildman–Crippen LogP) is 3.88. The molecule has 0 aliphatic carbocycles. The zero-order chi connectivity index (χ0) is 29.8. The Balaban J connectivity index is 1.64. The number of amides is 1. The Morgan fingerprint density at radius 1 is 1.17 bits per heavy atom. The van der Waals surface area contributed by atoms with Crippen molar-refractivity contribution in [1.29, 1.82) is 0 Å². The smallest absolute Gasteiger partial charge is 0.410 e. The van der Waals surface area contributed by atoms with Crippen LogP contribution in [0.3, 0.4) is 0 Å². The summed E-state index contributed by atoms with van der Waals surface area (Å²) >= 11 is 1.37. The molecule has 11 nitrogen and oxygen atoms in total. The molecule has 2 heterocycles. The molecule has 3 N–H and O–H groups in total. The van der Waals surface area contributed by atoms with Crippen LogP contribution in [0.4, 0.5) is 4.79 Å². The first kappa shape index (κ1) is 30.2. The number of aromatic nitrogens is 1. The Bertz CT molecular complexity index is 1550. The number of rotatable bonds is 8. The van der Waals surface area contributed by atoms with Crippen LogP contribution in [0.25, 0.3) is 0 Å². The molecule has 218 valence electrons. The number of ether oxygens (including phenoxy) is 1. The summed E-state index contributed by atoms with van der Waals surface area (Å²) < 4.78 is 35.1. The van der Waals surface area contributed by atoms with Crippen molar-refractivity contribution in [3.63, 3.8) is 0 Å². The van der Waals surface area contributed by atoms with Gasteiger partial charge in [0.05, 0.1) is 23.2 Å². The average Bonchev–Trinajstić information content (AvgIpc) is 3.34. The number of hydrogen-bond donors (Lipinski definition) is 2. The summed E-state index contributed by atoms with van der Waals surface area (Å²) in [6.07, 6.45) is 0.384. The number of benzene rings is 2. The van der Waals surface area contributed by atoms with Crippen molar-refractivity contribution in [1.82, 2.24) is 14.6 Å². The first-order chi connectivity index (χ1) is 19.3. The van der Waals surface area contributed by atoms with Gasteiger partial charge in [0, 0.05) is 30.3 Å². The van der Waals surface area contributed by atoms with Crippen molar-refractivity contribution < 1.29 is 27.6 Å². The Hall–Kier alpha value is -3.81. The molecule has 1 aliphatic rings. The molecular weight excluding hydrogens is 566 g/mol. The van der Waals surface area contributed by atoms with E-state index in [4.69, 9.17) is 15.5 Å². The number of sulfonamides is 1. The van der Waals surface area contributed by atoms with Gasteiger partial charge in [-0.3, -0.25) is 0 Å². The molecule has 0 bridgehead atoms. The Labute approximate surface area is 243 Å². The SMILES string of the molecule is CC(=O)ON=C(N)c1cccc(CC(NS(=O)(=O)c2ccccc2)c2nc3c(s2)CN(C(=O)OC(C)(C)C)CC3)c1. The number of thiazole rings is 1. The second-order valence-electron chi connectivity index (χ2n) is 10.5. The van der Waals surface area contributed by atoms with E-state index in [-0.39, 0.29) is 17.2 Å². The lowest BCUT2D eigenvalue weighted by atomic mass is 10.0. The molecule has 1 atom stereocenters. The number of hydrogen-bond acceptors (Lipinski definition) is 9. The highest BCUT2D eigenvalue weighted by atomic mass is 32.2. The number of amidine groups is 1. The Morgan fingerprint density at radius 2 is 1.90 bits per heavy atom. The fourth-order valence-corrected chi connectivity index (χ4v) is 6.62. The number of nitrogens with two attached hydrogens (primary N) is 1. The van der Waals surface area contributed by atoms with Crippen LogP contribution in [0, 0.1) is 0 Å². The molecular formula is C28H33N5O6S2. The van der Waals surface area contributed by atoms with E-state index in [1.807, 2.05) is 26.8 Å². The first-order valence-electron chi connectivity index (χ1n) is 12.9. The molecule has 13 heteroatoms. The number of nitrogens with one attached hydrogen (secondary N) is 1. The van der Waals surface area contributed by atoms with Gasteiger partial charge in [0.15, 0.2) is 5.84 Å². The van der Waals surface area contributed by atoms with Gasteiger partial charge in [0.2, 0.25) is 10.0 Å². The summed E-state index contributed by atoms with van der Waals surface area (Å²) in [4.78, 5) is 35.9. The summed E-state index contributed by atoms with van der Waals surface area (Å²) in [7, 11) is -3.89. The van der Waals surface area contributed by atoms with Gasteiger partial charge < -0.3 is 20.2 Å². The number of carbonyl (C=O) groups is 2. The fraction of sp³-hybridized carbons (Fsp3) is 0.357. The predicted molar refractivity (Wildman–Crippen MR) is 155 cm³/mol. The van der Waals surface area contributed by atoms with Gasteiger partial charge >= 0.3 is 12.1 Å². The van der Waals surface area contributed by atoms with E-state index in [0.29, 0.717) is 30.1 Å². The van der Waals surface area contributed by atoms with Gasteiger partial charge in [-0.05, 0) is 51.0 Å². The van der Waals surface area contributed by atoms with Crippen LogP contribution in [0.1, 0.15) is 60.4 Å². The lowest BCUT2D eigenvalue weighted by Gasteiger charge is -2.29. The standard InChI is InChI=1S/C28H33N5O6S2/c1-18(34)39-31-25(29)20-10-8-9-19(15-20)16-23(32-41(36,37)21-11-6-5-7-12-21)26-30-22-13-14-33(17-24(22)40-26)27(35)38-28(2,3)4/h5-12,15,23,32H,13-14,16-17H2,1-4H3,(H2,29,31). The highest BCUT2D eigenvalue weighted by Crippen LogP contribution is 2.32. The van der Waals surface area contributed by atoms with Gasteiger partial charge in [-0.25, -0.2) is 27.7 Å². The van der Waals surface area contributed by atoms with Gasteiger partial charge in [-0.15, -0.1) is 11.3 Å². The second kappa shape index (κ2) is 12.4. The molecule has 0 saturated carbocycles. The molecule has 41 heavy (non-hydrogen) atoms. The van der Waals surface area contributed by atoms with E-state index >= 15 is 0 Å². The van der Waals surface area contributed by atoms with Crippen LogP contribution in [0.5, 0.6) is 0 Å². The lowest BCUT2D eigenvalue weighted by molar-refractivity contribution is -0.140. The van der Waals surface area contributed by atoms with Crippen molar-refractivity contribution in [3.05, 3.63) is 81.3 Å². The molecule has 1 amide bonds. The van der Waals surface area contributed by atoms with Crippen LogP contribution in [-0.2, 0) is 43.8 Å². The molecule has 0 saturated heterocycles. The zero-order valence-electron chi connectivity index (χ0n) is 23.3. The van der Waals surface area contributed by atoms with E-state index in [2.05, 4.69) is 14.7 Å². The normalized spacial score (nSPS) is 14.7. The van der Waals surface area contributed by atoms with Crippen LogP contribution in [-0.4, -0.2) is 48.3 Å². The lowest BCUT2D eigenvalue weighted by Crippen LogP contribution is -2.39. The fourth-order valence-electron chi connectivity index (χ4n) is 4.14. The molecule has 0 radical (unpaired) electrons. The van der Waals surface area contributed by atoms with Crippen molar-refractivity contribution in [3.8, 4) is 0 Å². The monoisotopic (exact) mass is 599 g/mol. The van der Waals surface area contributed by atoms with Crippen molar-refractivity contribution in [2.75, 3.05) is 6.54 Å². The van der Waals surface area contributed by atoms with E-state index in [1.165, 1.54) is 30.4 Å². The van der Waals surface area contributed by atoms with E-state index in [9.17, 15) is 18.0 Å². The summed E-state index contributed by atoms with van der Waals surface area (Å²) in [6.45, 7) is 7.46. The maximum Gasteiger partial charge on any atom is 0.410 e. The minimum Gasteiger partial charge on any atom is -0.444 e. The number of fused-ring (bicyclic) bond motifs is 1. The second-order valence-corrected chi connectivity index (χ2v) is 13.4. The van der Waals surface area contributed by atoms with E-state index < -0.39 is 33.7 Å². The third-order valence-corrected chi connectivity index (χ3v) is 8.67. The summed E-state index contributed by atoms with van der Waals surface area (Å²) in [5.74, 6) is -0.590. The molecule has 1 aromatic heterocycles. The minimum atomic E-state index is -3.89. The van der Waals surface area contributed by atoms with Crippen LogP contribution < -0.4 is 10.5 Å². The Morgan fingerprint density at radius 3 is 2.59 bits per heavy atom. The average molecular weight is 600 g/mol. The van der Waals surface area contributed by atoms with Crippen LogP contribution >= 0.6 is 11.3 Å². The maximum absolute atomic E-state index is 13.4. The third kappa shape index (κ3) is 8.12. The number of nitrogens with zero attached hydrogens (tertiary/aromatic N) is 3. The van der Waals surface area contributed by atoms with E-state index in [0.717, 1.165) is 16.1 Å². The minimum absolute atomic E-state index is 0.00964. The Kier molecular flexibility index (Phi) is 9.10. The molecule has 1 unspecified atom stereocenters. The number of oxime groups is 1. The van der Waals surface area contributed by atoms with Gasteiger partial charge in [-0.2, -0.15) is 0 Å². The molecule has 2 aromatic carbocycles. The topological polar surface area (TPSA) is 153 Å². The molecule has 0 spiro atoms. The largest absolute Gasteiger partial charge is 0.444 e. The van der Waals surface area contributed by atoms with Crippen molar-refractivity contribution in [2.24, 2.45) is 10.9 Å². The molecule has 4 rings (SSSR count). The van der Waals surface area contributed by atoms with Gasteiger partial charge in [0.25, 0.3) is 0 Å². The first-order valence-corrected chi connectivity index (χ1v) is 15.2. The van der Waals surface area contributed by atoms with Crippen molar-refractivity contribution >= 4 is 39.3 Å². The molecule has 3 aromatic rings. The van der Waals surface area contributed by atoms with Gasteiger partial charge in [0.1, 0.15) is 10.6 Å². The summed E-state index contributed by atoms with van der Waals surface area (Å²) in [5, 5.41) is 4.22. The highest BCUT2D eigenvalue weighted by molar-refractivity contribution is 7.89. The quantitative estimate of drug-likeness (QED) is 0.171. The van der Waals surface area contributed by atoms with E-state index in [1.54, 1.807) is 41.3 Å². The third-order valence-electron chi connectivity index (χ3n) is 5.98. The number of carbonyl (C=O) groups excluding carboxylic acids is 2. The van der Waals surface area contributed by atoms with Crippen LogP contribution in [0.15, 0.2) is 64.6 Å². The van der Waals surface area contributed by atoms with Crippen LogP contribution in [0.2, 0.25) is 0 Å². The van der Waals surface area contributed by atoms with Gasteiger partial charge in [-0.1, -0.05) is 41.6 Å². The highest BCUT2D eigenvalue weighted by Gasteiger charge is 2.31. The summed E-state index contributed by atoms with van der Waals surface area (Å²) in [5.41, 5.74) is 7.47. The molecule has 1 aliphatic heterocycles. The van der Waals surface area contributed by atoms with Crippen molar-refractivity contribution in [2.45, 2.75) is 63.6 Å². The summed E-state index contributed by atoms with van der Waals surface area (Å²) in [6, 6.07) is 14.5.